The minimum Gasteiger partial charge on any atom is -0.481 e. The number of methoxy groups -OCH3 is 1. The first-order chi connectivity index (χ1) is 12.5. The van der Waals surface area contributed by atoms with Crippen LogP contribution in [0.2, 0.25) is 5.02 Å². The van der Waals surface area contributed by atoms with E-state index in [1.807, 2.05) is 12.3 Å². The molecule has 1 aliphatic rings. The first-order valence-electron chi connectivity index (χ1n) is 8.34. The number of pyridine rings is 1. The second kappa shape index (κ2) is 8.27. The van der Waals surface area contributed by atoms with Crippen molar-refractivity contribution < 1.29 is 9.13 Å². The maximum atomic E-state index is 13.4. The molecule has 0 unspecified atom stereocenters. The van der Waals surface area contributed by atoms with Crippen molar-refractivity contribution in [2.75, 3.05) is 26.5 Å². The smallest absolute Gasteiger partial charge is 0.213 e. The van der Waals surface area contributed by atoms with Gasteiger partial charge in [-0.2, -0.15) is 0 Å². The zero-order valence-electron chi connectivity index (χ0n) is 14.9. The molecule has 2 heterocycles. The van der Waals surface area contributed by atoms with E-state index in [-0.39, 0.29) is 11.7 Å². The summed E-state index contributed by atoms with van der Waals surface area (Å²) in [5.74, 6) is 0.897. The van der Waals surface area contributed by atoms with Crippen molar-refractivity contribution in [3.8, 4) is 5.88 Å². The van der Waals surface area contributed by atoms with Gasteiger partial charge in [-0.3, -0.25) is 0 Å². The Morgan fingerprint density at radius 2 is 2.15 bits per heavy atom. The molecule has 0 amide bonds. The molecule has 1 aromatic heterocycles. The summed E-state index contributed by atoms with van der Waals surface area (Å²) in [5.41, 5.74) is 1.78. The zero-order valence-corrected chi connectivity index (χ0v) is 16.5. The number of benzene rings is 1. The lowest BCUT2D eigenvalue weighted by molar-refractivity contribution is 0.398. The van der Waals surface area contributed by atoms with Crippen LogP contribution in [-0.2, 0) is 0 Å². The number of hydrogen-bond acceptors (Lipinski definition) is 4. The largest absolute Gasteiger partial charge is 0.481 e. The summed E-state index contributed by atoms with van der Waals surface area (Å²) in [6, 6.07) is 8.34. The predicted octanol–water partition coefficient (Wildman–Crippen LogP) is 4.97. The van der Waals surface area contributed by atoms with Crippen LogP contribution in [-0.4, -0.2) is 41.5 Å². The summed E-state index contributed by atoms with van der Waals surface area (Å²) in [6.45, 7) is 3.87. The van der Waals surface area contributed by atoms with Gasteiger partial charge in [0.05, 0.1) is 19.0 Å². The highest BCUT2D eigenvalue weighted by Crippen LogP contribution is 2.37. The number of ether oxygens (including phenoxy) is 1. The number of aliphatic imine (C=N–C) groups is 1. The van der Waals surface area contributed by atoms with Crippen LogP contribution in [0.4, 0.5) is 10.1 Å². The van der Waals surface area contributed by atoms with Gasteiger partial charge in [0.25, 0.3) is 0 Å². The quantitative estimate of drug-likeness (QED) is 0.545. The molecule has 2 aromatic rings. The molecule has 0 N–H and O–H groups in total. The van der Waals surface area contributed by atoms with Gasteiger partial charge in [-0.25, -0.2) is 14.4 Å². The second-order valence-corrected chi connectivity index (χ2v) is 7.49. The van der Waals surface area contributed by atoms with E-state index in [0.29, 0.717) is 16.8 Å². The molecule has 0 saturated carbocycles. The number of likely N-dealkylation sites (tertiary alicyclic amines) is 1. The number of thioether (sulfide) groups is 1. The third-order valence-electron chi connectivity index (χ3n) is 4.58. The molecule has 0 spiro atoms. The molecule has 1 aliphatic heterocycles. The Kier molecular flexibility index (Phi) is 6.04. The summed E-state index contributed by atoms with van der Waals surface area (Å²) >= 11 is 7.88. The Hall–Kier alpha value is -1.79. The van der Waals surface area contributed by atoms with Gasteiger partial charge >= 0.3 is 0 Å². The first-order valence-corrected chi connectivity index (χ1v) is 9.94. The third-order valence-corrected chi connectivity index (χ3v) is 5.62. The van der Waals surface area contributed by atoms with E-state index in [9.17, 15) is 4.39 Å². The maximum Gasteiger partial charge on any atom is 0.213 e. The van der Waals surface area contributed by atoms with Crippen molar-refractivity contribution in [3.05, 3.63) is 52.9 Å². The Labute approximate surface area is 162 Å². The van der Waals surface area contributed by atoms with E-state index in [0.717, 1.165) is 29.5 Å². The van der Waals surface area contributed by atoms with Gasteiger partial charge in [0.1, 0.15) is 5.82 Å². The molecular formula is C19H21ClFN3OS. The zero-order chi connectivity index (χ0) is 18.7. The van der Waals surface area contributed by atoms with Crippen LogP contribution in [0.3, 0.4) is 0 Å². The second-order valence-electron chi connectivity index (χ2n) is 6.31. The number of hydrogen-bond donors (Lipinski definition) is 0. The molecule has 0 radical (unpaired) electrons. The highest BCUT2D eigenvalue weighted by atomic mass is 35.5. The van der Waals surface area contributed by atoms with E-state index in [1.54, 1.807) is 37.2 Å². The Morgan fingerprint density at radius 3 is 2.77 bits per heavy atom. The maximum absolute atomic E-state index is 13.4. The minimum absolute atomic E-state index is 0.245. The van der Waals surface area contributed by atoms with E-state index in [2.05, 4.69) is 16.8 Å². The SMILES string of the molecule is COc1ccc(/N=C(/SC)N2C[C@H](c3ccc(F)cc3Cl)[C@@H](C)C2)cn1. The Morgan fingerprint density at radius 1 is 1.35 bits per heavy atom. The van der Waals surface area contributed by atoms with Crippen LogP contribution in [0.25, 0.3) is 0 Å². The normalized spacial score (nSPS) is 20.5. The predicted molar refractivity (Wildman–Crippen MR) is 106 cm³/mol. The molecule has 7 heteroatoms. The fourth-order valence-electron chi connectivity index (χ4n) is 3.25. The van der Waals surface area contributed by atoms with E-state index < -0.39 is 0 Å². The van der Waals surface area contributed by atoms with Gasteiger partial charge in [-0.15, -0.1) is 0 Å². The van der Waals surface area contributed by atoms with Crippen LogP contribution in [0.1, 0.15) is 18.4 Å². The lowest BCUT2D eigenvalue weighted by Crippen LogP contribution is -2.26. The summed E-state index contributed by atoms with van der Waals surface area (Å²) in [7, 11) is 1.59. The average molecular weight is 394 g/mol. The molecule has 4 nitrogen and oxygen atoms in total. The van der Waals surface area contributed by atoms with Crippen molar-refractivity contribution in [1.82, 2.24) is 9.88 Å². The van der Waals surface area contributed by atoms with Crippen molar-refractivity contribution >= 4 is 34.2 Å². The van der Waals surface area contributed by atoms with E-state index in [4.69, 9.17) is 21.3 Å². The fourth-order valence-corrected chi connectivity index (χ4v) is 4.16. The average Bonchev–Trinajstić information content (AvgIpc) is 3.01. The van der Waals surface area contributed by atoms with E-state index >= 15 is 0 Å². The number of amidine groups is 1. The molecule has 138 valence electrons. The van der Waals surface area contributed by atoms with Crippen molar-refractivity contribution in [3.63, 3.8) is 0 Å². The lowest BCUT2D eigenvalue weighted by Gasteiger charge is -2.19. The van der Waals surface area contributed by atoms with Crippen LogP contribution >= 0.6 is 23.4 Å². The number of nitrogens with zero attached hydrogens (tertiary/aromatic N) is 3. The Balaban J connectivity index is 1.80. The molecule has 2 atom stereocenters. The number of halogens is 2. The van der Waals surface area contributed by atoms with Crippen LogP contribution < -0.4 is 4.74 Å². The minimum atomic E-state index is -0.306. The van der Waals surface area contributed by atoms with Crippen molar-refractivity contribution in [1.29, 1.82) is 0 Å². The van der Waals surface area contributed by atoms with Gasteiger partial charge in [0, 0.05) is 30.1 Å². The van der Waals surface area contributed by atoms with Crippen molar-refractivity contribution in [2.24, 2.45) is 10.9 Å². The van der Waals surface area contributed by atoms with Gasteiger partial charge in [-0.05, 0) is 35.9 Å². The monoisotopic (exact) mass is 393 g/mol. The van der Waals surface area contributed by atoms with Gasteiger partial charge in [-0.1, -0.05) is 36.4 Å². The van der Waals surface area contributed by atoms with E-state index in [1.165, 1.54) is 12.1 Å². The molecule has 0 aliphatic carbocycles. The molecule has 1 fully saturated rings. The highest BCUT2D eigenvalue weighted by Gasteiger charge is 2.33. The van der Waals surface area contributed by atoms with Gasteiger partial charge in [0.15, 0.2) is 5.17 Å². The number of aromatic nitrogens is 1. The molecule has 1 saturated heterocycles. The summed E-state index contributed by atoms with van der Waals surface area (Å²) in [6.07, 6.45) is 3.71. The third kappa shape index (κ3) is 4.13. The molecule has 0 bridgehead atoms. The number of rotatable bonds is 3. The lowest BCUT2D eigenvalue weighted by atomic mass is 9.90. The van der Waals surface area contributed by atoms with Crippen LogP contribution in [0.15, 0.2) is 41.5 Å². The van der Waals surface area contributed by atoms with Crippen LogP contribution in [0.5, 0.6) is 5.88 Å². The molecule has 26 heavy (non-hydrogen) atoms. The summed E-state index contributed by atoms with van der Waals surface area (Å²) in [5, 5.41) is 1.43. The van der Waals surface area contributed by atoms with Crippen LogP contribution in [0, 0.1) is 11.7 Å². The molecule has 1 aromatic carbocycles. The van der Waals surface area contributed by atoms with Crippen molar-refractivity contribution in [2.45, 2.75) is 12.8 Å². The Bertz CT molecular complexity index is 800. The summed E-state index contributed by atoms with van der Waals surface area (Å²) in [4.78, 5) is 11.2. The van der Waals surface area contributed by atoms with Gasteiger partial charge < -0.3 is 9.64 Å². The standard InChI is InChI=1S/C19H21ClFN3OS/c1-12-10-24(11-16(12)15-6-4-13(21)8-17(15)20)19(26-3)23-14-5-7-18(25-2)22-9-14/h4-9,12,16H,10-11H2,1-3H3/b23-19+/t12-,16-/m0/s1. The fraction of sp³-hybridized carbons (Fsp3) is 0.368. The highest BCUT2D eigenvalue weighted by molar-refractivity contribution is 8.13. The van der Waals surface area contributed by atoms with Gasteiger partial charge in [0.2, 0.25) is 5.88 Å². The first kappa shape index (κ1) is 19.0. The molecular weight excluding hydrogens is 373 g/mol. The topological polar surface area (TPSA) is 37.7 Å². The molecule has 3 rings (SSSR count). The summed E-state index contributed by atoms with van der Waals surface area (Å²) < 4.78 is 18.4.